The van der Waals surface area contributed by atoms with Crippen molar-refractivity contribution < 1.29 is 32.1 Å². The third kappa shape index (κ3) is 7.01. The summed E-state index contributed by atoms with van der Waals surface area (Å²) in [6.45, 7) is 2.52. The van der Waals surface area contributed by atoms with Gasteiger partial charge >= 0.3 is 0 Å². The van der Waals surface area contributed by atoms with Crippen LogP contribution >= 0.6 is 0 Å². The Bertz CT molecular complexity index is 1230. The lowest BCUT2D eigenvalue weighted by Crippen LogP contribution is -2.43. The smallest absolute Gasteiger partial charge is 0.232 e. The Hall–Kier alpha value is -3.20. The van der Waals surface area contributed by atoms with Crippen molar-refractivity contribution in [1.29, 1.82) is 5.41 Å². The summed E-state index contributed by atoms with van der Waals surface area (Å²) in [5, 5.41) is 10.9. The van der Waals surface area contributed by atoms with E-state index in [2.05, 4.69) is 15.3 Å². The highest BCUT2D eigenvalue weighted by atomic mass is 32.2. The molecule has 0 spiro atoms. The molecule has 1 saturated carbocycles. The number of benzene rings is 1. The van der Waals surface area contributed by atoms with Gasteiger partial charge in [-0.2, -0.15) is 14.3 Å². The first-order valence-electron chi connectivity index (χ1n) is 12.4. The molecule has 1 aliphatic carbocycles. The highest BCUT2D eigenvalue weighted by molar-refractivity contribution is 7.88. The largest absolute Gasteiger partial charge is 0.487 e. The van der Waals surface area contributed by atoms with E-state index in [0.29, 0.717) is 69.7 Å². The number of ether oxygens (including phenoxy) is 5. The van der Waals surface area contributed by atoms with Crippen LogP contribution in [-0.2, 0) is 19.5 Å². The number of nitrogen functional groups attached to an aromatic ring is 1. The molecule has 2 atom stereocenters. The molecule has 0 amide bonds. The molecular weight excluding hydrogens is 516 g/mol. The van der Waals surface area contributed by atoms with Crippen LogP contribution in [0.15, 0.2) is 18.2 Å². The Morgan fingerprint density at radius 2 is 1.76 bits per heavy atom. The molecule has 2 aliphatic rings. The maximum absolute atomic E-state index is 12.1. The van der Waals surface area contributed by atoms with Crippen LogP contribution in [0.25, 0.3) is 0 Å². The molecule has 2 aromatic rings. The monoisotopic (exact) mass is 550 g/mol. The lowest BCUT2D eigenvalue weighted by atomic mass is 10.2. The van der Waals surface area contributed by atoms with Gasteiger partial charge in [-0.3, -0.25) is 0 Å². The number of nitrogens with one attached hydrogen (secondary N) is 2. The van der Waals surface area contributed by atoms with E-state index in [1.807, 2.05) is 0 Å². The molecule has 4 rings (SSSR count). The van der Waals surface area contributed by atoms with Crippen molar-refractivity contribution in [3.63, 3.8) is 0 Å². The van der Waals surface area contributed by atoms with Crippen LogP contribution in [0.3, 0.4) is 0 Å². The Labute approximate surface area is 222 Å². The predicted octanol–water partition coefficient (Wildman–Crippen LogP) is 1.80. The molecule has 0 saturated heterocycles. The second-order valence-corrected chi connectivity index (χ2v) is 11.0. The van der Waals surface area contributed by atoms with E-state index in [9.17, 15) is 8.42 Å². The molecule has 4 N–H and O–H groups in total. The SMILES string of the molecule is CN([C@@H]1CCC[C@H]1Oc1nc(Nc2ccc3c(c2)OCCOCCOCCO3)nc(N)c1C=N)S(C)(=O)=O. The summed E-state index contributed by atoms with van der Waals surface area (Å²) in [5.41, 5.74) is 6.97. The zero-order valence-corrected chi connectivity index (χ0v) is 22.3. The first kappa shape index (κ1) is 27.8. The topological polar surface area (TPSA) is 171 Å². The average Bonchev–Trinajstić information content (AvgIpc) is 3.31. The summed E-state index contributed by atoms with van der Waals surface area (Å²) in [6.07, 6.45) is 3.86. The van der Waals surface area contributed by atoms with Crippen molar-refractivity contribution in [2.45, 2.75) is 31.4 Å². The van der Waals surface area contributed by atoms with Crippen molar-refractivity contribution in [3.8, 4) is 17.4 Å². The van der Waals surface area contributed by atoms with Crippen molar-refractivity contribution in [2.75, 3.05) is 64.0 Å². The Morgan fingerprint density at radius 1 is 1.08 bits per heavy atom. The predicted molar refractivity (Wildman–Crippen MR) is 141 cm³/mol. The maximum atomic E-state index is 12.1. The molecule has 1 aromatic heterocycles. The third-order valence-electron chi connectivity index (χ3n) is 6.30. The van der Waals surface area contributed by atoms with Crippen LogP contribution in [0, 0.1) is 5.41 Å². The number of nitrogens with two attached hydrogens (primary N) is 1. The number of hydrogen-bond donors (Lipinski definition) is 3. The number of fused-ring (bicyclic) bond motifs is 1. The fraction of sp³-hybridized carbons (Fsp3) is 0.542. The average molecular weight is 551 g/mol. The summed E-state index contributed by atoms with van der Waals surface area (Å²) < 4.78 is 54.3. The van der Waals surface area contributed by atoms with Gasteiger partial charge in [0.2, 0.25) is 21.9 Å². The van der Waals surface area contributed by atoms with E-state index in [1.54, 1.807) is 25.2 Å². The molecule has 38 heavy (non-hydrogen) atoms. The number of aromatic nitrogens is 2. The van der Waals surface area contributed by atoms with Crippen LogP contribution in [0.4, 0.5) is 17.5 Å². The van der Waals surface area contributed by atoms with Gasteiger partial charge in [0.1, 0.15) is 25.1 Å². The van der Waals surface area contributed by atoms with Crippen LogP contribution in [-0.4, -0.2) is 94.0 Å². The number of anilines is 3. The number of nitrogens with zero attached hydrogens (tertiary/aromatic N) is 3. The second-order valence-electron chi connectivity index (χ2n) is 8.94. The van der Waals surface area contributed by atoms with Crippen LogP contribution in [0.2, 0.25) is 0 Å². The molecule has 1 aromatic carbocycles. The minimum Gasteiger partial charge on any atom is -0.487 e. The standard InChI is InChI=1S/C24H34N6O7S/c1-30(38(2,31)32)18-4-3-5-19(18)37-23-17(15-25)22(26)28-24(29-23)27-16-6-7-20-21(14-16)36-13-11-34-9-8-33-10-12-35-20/h6-7,14-15,18-19,25H,3-5,8-13H2,1-2H3,(H3,26,27,28,29)/t18-,19-/m1/s1. The van der Waals surface area contributed by atoms with Gasteiger partial charge in [-0.1, -0.05) is 0 Å². The molecule has 2 heterocycles. The summed E-state index contributed by atoms with van der Waals surface area (Å²) in [6, 6.07) is 4.95. The highest BCUT2D eigenvalue weighted by Gasteiger charge is 2.36. The third-order valence-corrected chi connectivity index (χ3v) is 7.61. The molecule has 13 nitrogen and oxygen atoms in total. The lowest BCUT2D eigenvalue weighted by Gasteiger charge is -2.28. The van der Waals surface area contributed by atoms with E-state index in [4.69, 9.17) is 34.8 Å². The molecule has 1 fully saturated rings. The Morgan fingerprint density at radius 3 is 2.45 bits per heavy atom. The zero-order valence-electron chi connectivity index (χ0n) is 21.5. The van der Waals surface area contributed by atoms with E-state index >= 15 is 0 Å². The first-order valence-corrected chi connectivity index (χ1v) is 14.2. The molecule has 208 valence electrons. The van der Waals surface area contributed by atoms with Crippen molar-refractivity contribution in [3.05, 3.63) is 23.8 Å². The quantitative estimate of drug-likeness (QED) is 0.429. The number of hydrogen-bond acceptors (Lipinski definition) is 12. The van der Waals surface area contributed by atoms with Gasteiger partial charge in [0.25, 0.3) is 0 Å². The van der Waals surface area contributed by atoms with Crippen LogP contribution < -0.4 is 25.3 Å². The van der Waals surface area contributed by atoms with E-state index in [-0.39, 0.29) is 29.3 Å². The van der Waals surface area contributed by atoms with Gasteiger partial charge in [-0.05, 0) is 31.4 Å². The van der Waals surface area contributed by atoms with E-state index in [1.165, 1.54) is 10.6 Å². The number of sulfonamides is 1. The fourth-order valence-corrected chi connectivity index (χ4v) is 5.02. The van der Waals surface area contributed by atoms with Crippen molar-refractivity contribution >= 4 is 33.7 Å². The van der Waals surface area contributed by atoms with Crippen molar-refractivity contribution in [1.82, 2.24) is 14.3 Å². The summed E-state index contributed by atoms with van der Waals surface area (Å²) in [7, 11) is -1.86. The summed E-state index contributed by atoms with van der Waals surface area (Å²) >= 11 is 0. The highest BCUT2D eigenvalue weighted by Crippen LogP contribution is 2.34. The Kier molecular flexibility index (Phi) is 9.20. The minimum atomic E-state index is -3.40. The molecule has 0 unspecified atom stereocenters. The molecule has 1 aliphatic heterocycles. The molecular formula is C24H34N6O7S. The van der Waals surface area contributed by atoms with Gasteiger partial charge in [-0.15, -0.1) is 0 Å². The molecule has 14 heteroatoms. The maximum Gasteiger partial charge on any atom is 0.232 e. The Balaban J connectivity index is 1.55. The minimum absolute atomic E-state index is 0.0570. The summed E-state index contributed by atoms with van der Waals surface area (Å²) in [5.74, 6) is 1.39. The second kappa shape index (κ2) is 12.6. The number of rotatable bonds is 7. The van der Waals surface area contributed by atoms with Gasteiger partial charge in [0.05, 0.1) is 44.3 Å². The molecule has 0 radical (unpaired) electrons. The van der Waals surface area contributed by atoms with Gasteiger partial charge < -0.3 is 40.1 Å². The first-order chi connectivity index (χ1) is 18.3. The summed E-state index contributed by atoms with van der Waals surface area (Å²) in [4.78, 5) is 8.74. The number of likely N-dealkylation sites (N-methyl/N-ethyl adjacent to an activating group) is 1. The van der Waals surface area contributed by atoms with Gasteiger partial charge in [0, 0.05) is 25.0 Å². The zero-order chi connectivity index (χ0) is 27.1. The van der Waals surface area contributed by atoms with Gasteiger partial charge in [0.15, 0.2) is 11.5 Å². The lowest BCUT2D eigenvalue weighted by molar-refractivity contribution is 0.0223. The fourth-order valence-electron chi connectivity index (χ4n) is 4.29. The van der Waals surface area contributed by atoms with Gasteiger partial charge in [-0.25, -0.2) is 8.42 Å². The van der Waals surface area contributed by atoms with E-state index in [0.717, 1.165) is 12.6 Å². The molecule has 0 bridgehead atoms. The normalized spacial score (nSPS) is 20.8. The van der Waals surface area contributed by atoms with Crippen LogP contribution in [0.1, 0.15) is 24.8 Å². The van der Waals surface area contributed by atoms with Crippen molar-refractivity contribution in [2.24, 2.45) is 0 Å². The van der Waals surface area contributed by atoms with E-state index < -0.39 is 16.1 Å². The van der Waals surface area contributed by atoms with Crippen LogP contribution in [0.5, 0.6) is 17.4 Å².